The van der Waals surface area contributed by atoms with Crippen LogP contribution in [0.2, 0.25) is 0 Å². The highest BCUT2D eigenvalue weighted by Gasteiger charge is 2.21. The maximum absolute atomic E-state index is 11.5. The summed E-state index contributed by atoms with van der Waals surface area (Å²) in [5, 5.41) is 0. The number of hydrogen-bond acceptors (Lipinski definition) is 1. The van der Waals surface area contributed by atoms with E-state index in [0.717, 1.165) is 5.56 Å². The van der Waals surface area contributed by atoms with E-state index >= 15 is 0 Å². The quantitative estimate of drug-likeness (QED) is 0.808. The van der Waals surface area contributed by atoms with Crippen LogP contribution in [-0.4, -0.2) is 8.76 Å². The summed E-state index contributed by atoms with van der Waals surface area (Å²) in [5.41, 5.74) is 3.60. The van der Waals surface area contributed by atoms with Crippen LogP contribution in [0.3, 0.4) is 0 Å². The SMILES string of the molecule is CC(C)c1ccc(S(=O)O)c(C(C)C)c1C(C)C. The first-order chi connectivity index (χ1) is 8.27. The van der Waals surface area contributed by atoms with Gasteiger partial charge in [0.05, 0.1) is 4.90 Å². The second-order valence-corrected chi connectivity index (χ2v) is 6.63. The van der Waals surface area contributed by atoms with E-state index in [4.69, 9.17) is 0 Å². The van der Waals surface area contributed by atoms with Gasteiger partial charge in [0.2, 0.25) is 0 Å². The van der Waals surface area contributed by atoms with Crippen molar-refractivity contribution in [3.05, 3.63) is 28.8 Å². The minimum absolute atomic E-state index is 0.257. The van der Waals surface area contributed by atoms with Gasteiger partial charge in [-0.05, 0) is 40.5 Å². The first-order valence-corrected chi connectivity index (χ1v) is 7.65. The number of hydrogen-bond donors (Lipinski definition) is 1. The van der Waals surface area contributed by atoms with E-state index < -0.39 is 11.1 Å². The summed E-state index contributed by atoms with van der Waals surface area (Å²) in [6.45, 7) is 12.8. The average Bonchev–Trinajstić information content (AvgIpc) is 2.26. The van der Waals surface area contributed by atoms with Crippen LogP contribution in [0.4, 0.5) is 0 Å². The van der Waals surface area contributed by atoms with E-state index in [0.29, 0.717) is 16.7 Å². The predicted octanol–water partition coefficient (Wildman–Crippen LogP) is 4.64. The van der Waals surface area contributed by atoms with Crippen LogP contribution >= 0.6 is 0 Å². The molecule has 1 unspecified atom stereocenters. The molecule has 1 aromatic carbocycles. The number of rotatable bonds is 4. The molecule has 0 spiro atoms. The zero-order valence-electron chi connectivity index (χ0n) is 12.2. The normalized spacial score (nSPS) is 13.7. The van der Waals surface area contributed by atoms with Gasteiger partial charge in [-0.1, -0.05) is 47.6 Å². The van der Waals surface area contributed by atoms with E-state index in [1.165, 1.54) is 11.1 Å². The molecule has 0 aliphatic heterocycles. The lowest BCUT2D eigenvalue weighted by molar-refractivity contribution is 0.561. The molecule has 0 heterocycles. The fraction of sp³-hybridized carbons (Fsp3) is 0.600. The zero-order chi connectivity index (χ0) is 14.0. The summed E-state index contributed by atoms with van der Waals surface area (Å²) in [6, 6.07) is 3.82. The Balaban J connectivity index is 3.65. The fourth-order valence-electron chi connectivity index (χ4n) is 2.53. The van der Waals surface area contributed by atoms with Gasteiger partial charge in [-0.3, -0.25) is 0 Å². The average molecular weight is 268 g/mol. The van der Waals surface area contributed by atoms with E-state index in [-0.39, 0.29) is 5.92 Å². The Morgan fingerprint density at radius 1 is 0.889 bits per heavy atom. The van der Waals surface area contributed by atoms with Crippen LogP contribution in [-0.2, 0) is 11.1 Å². The maximum Gasteiger partial charge on any atom is 0.186 e. The van der Waals surface area contributed by atoms with Crippen LogP contribution in [0.15, 0.2) is 17.0 Å². The molecule has 0 fully saturated rings. The number of benzene rings is 1. The zero-order valence-corrected chi connectivity index (χ0v) is 13.0. The van der Waals surface area contributed by atoms with Crippen molar-refractivity contribution >= 4 is 11.1 Å². The Hall–Kier alpha value is -0.670. The van der Waals surface area contributed by atoms with E-state index in [1.807, 2.05) is 12.1 Å². The topological polar surface area (TPSA) is 37.3 Å². The van der Waals surface area contributed by atoms with Gasteiger partial charge >= 0.3 is 0 Å². The highest BCUT2D eigenvalue weighted by molar-refractivity contribution is 7.79. The molecule has 0 aromatic heterocycles. The minimum Gasteiger partial charge on any atom is -0.302 e. The molecular formula is C15H24O2S. The van der Waals surface area contributed by atoms with Crippen molar-refractivity contribution in [3.63, 3.8) is 0 Å². The van der Waals surface area contributed by atoms with Crippen molar-refractivity contribution in [2.45, 2.75) is 64.2 Å². The molecule has 0 bridgehead atoms. The van der Waals surface area contributed by atoms with Gasteiger partial charge in [0.15, 0.2) is 11.1 Å². The standard InChI is InChI=1S/C15H24O2S/c1-9(2)12-7-8-13(18(16)17)15(11(5)6)14(12)10(3)4/h7-11H,1-6H3,(H,16,17). The third-order valence-electron chi connectivity index (χ3n) is 3.25. The van der Waals surface area contributed by atoms with Gasteiger partial charge in [-0.25, -0.2) is 4.21 Å². The molecule has 0 amide bonds. The van der Waals surface area contributed by atoms with Gasteiger partial charge in [0, 0.05) is 0 Å². The highest BCUT2D eigenvalue weighted by atomic mass is 32.2. The van der Waals surface area contributed by atoms with E-state index in [2.05, 4.69) is 41.5 Å². The van der Waals surface area contributed by atoms with Gasteiger partial charge in [-0.2, -0.15) is 0 Å². The van der Waals surface area contributed by atoms with Crippen molar-refractivity contribution in [1.82, 2.24) is 0 Å². The van der Waals surface area contributed by atoms with Crippen molar-refractivity contribution in [2.24, 2.45) is 0 Å². The lowest BCUT2D eigenvalue weighted by atomic mass is 9.83. The van der Waals surface area contributed by atoms with Gasteiger partial charge in [0.1, 0.15) is 0 Å². The van der Waals surface area contributed by atoms with Crippen LogP contribution in [0, 0.1) is 0 Å². The molecule has 102 valence electrons. The van der Waals surface area contributed by atoms with Crippen LogP contribution in [0.25, 0.3) is 0 Å². The first-order valence-electron chi connectivity index (χ1n) is 6.54. The fourth-order valence-corrected chi connectivity index (χ4v) is 3.25. The van der Waals surface area contributed by atoms with Gasteiger partial charge in [0.25, 0.3) is 0 Å². The Morgan fingerprint density at radius 2 is 1.39 bits per heavy atom. The smallest absolute Gasteiger partial charge is 0.186 e. The van der Waals surface area contributed by atoms with Crippen LogP contribution in [0.5, 0.6) is 0 Å². The molecule has 3 heteroatoms. The second kappa shape index (κ2) is 5.98. The summed E-state index contributed by atoms with van der Waals surface area (Å²) in [5.74, 6) is 1.05. The van der Waals surface area contributed by atoms with Gasteiger partial charge in [-0.15, -0.1) is 0 Å². The second-order valence-electron chi connectivity index (χ2n) is 5.69. The first kappa shape index (κ1) is 15.4. The highest BCUT2D eigenvalue weighted by Crippen LogP contribution is 2.36. The molecule has 2 nitrogen and oxygen atoms in total. The Kier molecular flexibility index (Phi) is 5.11. The molecule has 1 rings (SSSR count). The molecule has 1 aromatic rings. The summed E-state index contributed by atoms with van der Waals surface area (Å²) in [4.78, 5) is 0.568. The predicted molar refractivity (Wildman–Crippen MR) is 77.7 cm³/mol. The molecule has 0 aliphatic rings. The third-order valence-corrected chi connectivity index (χ3v) is 3.98. The monoisotopic (exact) mass is 268 g/mol. The van der Waals surface area contributed by atoms with Crippen molar-refractivity contribution < 1.29 is 8.76 Å². The van der Waals surface area contributed by atoms with E-state index in [9.17, 15) is 8.76 Å². The Morgan fingerprint density at radius 3 is 1.72 bits per heavy atom. The molecule has 0 saturated carbocycles. The van der Waals surface area contributed by atoms with Crippen molar-refractivity contribution in [2.75, 3.05) is 0 Å². The summed E-state index contributed by atoms with van der Waals surface area (Å²) in [7, 11) is 0. The lowest BCUT2D eigenvalue weighted by Crippen LogP contribution is -2.09. The van der Waals surface area contributed by atoms with Gasteiger partial charge < -0.3 is 4.55 Å². The van der Waals surface area contributed by atoms with Crippen LogP contribution in [0.1, 0.15) is 76.0 Å². The minimum atomic E-state index is -1.91. The largest absolute Gasteiger partial charge is 0.302 e. The molecule has 0 saturated heterocycles. The Labute approximate surface area is 113 Å². The Bertz CT molecular complexity index is 448. The molecule has 1 N–H and O–H groups in total. The van der Waals surface area contributed by atoms with Crippen molar-refractivity contribution in [3.8, 4) is 0 Å². The summed E-state index contributed by atoms with van der Waals surface area (Å²) < 4.78 is 21.0. The molecule has 0 aliphatic carbocycles. The van der Waals surface area contributed by atoms with Crippen molar-refractivity contribution in [1.29, 1.82) is 0 Å². The molecular weight excluding hydrogens is 244 g/mol. The molecule has 1 atom stereocenters. The molecule has 18 heavy (non-hydrogen) atoms. The maximum atomic E-state index is 11.5. The molecule has 0 radical (unpaired) electrons. The summed E-state index contributed by atoms with van der Waals surface area (Å²) in [6.07, 6.45) is 0. The third kappa shape index (κ3) is 3.01. The summed E-state index contributed by atoms with van der Waals surface area (Å²) >= 11 is -1.91. The van der Waals surface area contributed by atoms with E-state index in [1.54, 1.807) is 0 Å². The lowest BCUT2D eigenvalue weighted by Gasteiger charge is -2.24. The van der Waals surface area contributed by atoms with Crippen LogP contribution < -0.4 is 0 Å².